The van der Waals surface area contributed by atoms with Crippen LogP contribution < -0.4 is 15.5 Å². The number of halogens is 1. The van der Waals surface area contributed by atoms with Gasteiger partial charge in [-0.25, -0.2) is 0 Å². The Morgan fingerprint density at radius 3 is 2.81 bits per heavy atom. The van der Waals surface area contributed by atoms with Crippen LogP contribution in [0, 0.1) is 0 Å². The number of benzene rings is 1. The van der Waals surface area contributed by atoms with Crippen LogP contribution in [0.15, 0.2) is 22.7 Å². The molecule has 6 heteroatoms. The molecular formula is C15H20BrN3O2. The maximum atomic E-state index is 11.8. The molecule has 2 N–H and O–H groups in total. The number of nitrogens with zero attached hydrogens (tertiary/aromatic N) is 1. The fourth-order valence-electron chi connectivity index (χ4n) is 2.28. The van der Waals surface area contributed by atoms with Gasteiger partial charge in [-0.1, -0.05) is 35.8 Å². The van der Waals surface area contributed by atoms with Crippen molar-refractivity contribution in [2.24, 2.45) is 0 Å². The van der Waals surface area contributed by atoms with Gasteiger partial charge in [0.1, 0.15) is 6.04 Å². The highest BCUT2D eigenvalue weighted by Crippen LogP contribution is 2.28. The smallest absolute Gasteiger partial charge is 0.249 e. The molecule has 1 unspecified atom stereocenters. The monoisotopic (exact) mass is 353 g/mol. The first-order valence-electron chi connectivity index (χ1n) is 7.00. The number of anilines is 1. The van der Waals surface area contributed by atoms with Gasteiger partial charge in [0.25, 0.3) is 0 Å². The molecule has 1 atom stereocenters. The number of hydrogen-bond acceptors (Lipinski definition) is 4. The van der Waals surface area contributed by atoms with E-state index in [0.717, 1.165) is 15.7 Å². The number of carbonyl (C=O) groups is 2. The van der Waals surface area contributed by atoms with Crippen molar-refractivity contribution in [2.45, 2.75) is 39.4 Å². The maximum absolute atomic E-state index is 11.8. The summed E-state index contributed by atoms with van der Waals surface area (Å²) < 4.78 is 0.927. The van der Waals surface area contributed by atoms with Gasteiger partial charge in [-0.3, -0.25) is 14.9 Å². The minimum Gasteiger partial charge on any atom is -0.350 e. The molecule has 0 saturated carbocycles. The minimum absolute atomic E-state index is 0.192. The Balaban J connectivity index is 2.33. The Bertz CT molecular complexity index is 560. The van der Waals surface area contributed by atoms with E-state index in [4.69, 9.17) is 0 Å². The Kier molecular flexibility index (Phi) is 5.00. The van der Waals surface area contributed by atoms with Crippen LogP contribution in [0.4, 0.5) is 5.69 Å². The van der Waals surface area contributed by atoms with Gasteiger partial charge < -0.3 is 10.2 Å². The molecule has 1 aliphatic heterocycles. The van der Waals surface area contributed by atoms with Crippen LogP contribution in [0.2, 0.25) is 0 Å². The van der Waals surface area contributed by atoms with E-state index in [1.54, 1.807) is 0 Å². The third kappa shape index (κ3) is 3.83. The summed E-state index contributed by atoms with van der Waals surface area (Å²) in [6, 6.07) is 5.94. The molecule has 1 fully saturated rings. The zero-order chi connectivity index (χ0) is 15.6. The predicted octanol–water partition coefficient (Wildman–Crippen LogP) is 1.80. The van der Waals surface area contributed by atoms with E-state index in [9.17, 15) is 9.59 Å². The summed E-state index contributed by atoms with van der Waals surface area (Å²) in [7, 11) is 0. The number of nitrogens with one attached hydrogen (secondary N) is 2. The fraction of sp³-hybridized carbons (Fsp3) is 0.467. The van der Waals surface area contributed by atoms with Gasteiger partial charge in [0.05, 0.1) is 6.54 Å². The van der Waals surface area contributed by atoms with Crippen molar-refractivity contribution in [1.82, 2.24) is 10.6 Å². The van der Waals surface area contributed by atoms with Gasteiger partial charge in [-0.05, 0) is 24.6 Å². The van der Waals surface area contributed by atoms with Crippen LogP contribution in [0.25, 0.3) is 0 Å². The lowest BCUT2D eigenvalue weighted by atomic mass is 10.1. The number of carbonyl (C=O) groups excluding carboxylic acids is 2. The summed E-state index contributed by atoms with van der Waals surface area (Å²) in [5.41, 5.74) is 1.98. The van der Waals surface area contributed by atoms with Crippen molar-refractivity contribution >= 4 is 33.4 Å². The molecule has 0 aromatic heterocycles. The summed E-state index contributed by atoms with van der Waals surface area (Å²) in [6.45, 7) is 6.86. The number of rotatable bonds is 4. The Morgan fingerprint density at radius 2 is 2.14 bits per heavy atom. The molecule has 1 heterocycles. The normalized spacial score (nSPS) is 19.1. The molecule has 1 saturated heterocycles. The SMILES string of the molecule is CC(C)NCc1ccc(Br)cc1N1CC(=O)NC(=O)C1C. The fourth-order valence-corrected chi connectivity index (χ4v) is 2.63. The molecule has 1 aromatic carbocycles. The van der Waals surface area contributed by atoms with Crippen LogP contribution in [-0.2, 0) is 16.1 Å². The lowest BCUT2D eigenvalue weighted by Gasteiger charge is -2.35. The number of imide groups is 1. The summed E-state index contributed by atoms with van der Waals surface area (Å²) >= 11 is 3.46. The molecule has 1 aromatic rings. The Morgan fingerprint density at radius 1 is 1.43 bits per heavy atom. The van der Waals surface area contributed by atoms with Crippen molar-refractivity contribution in [2.75, 3.05) is 11.4 Å². The highest BCUT2D eigenvalue weighted by atomic mass is 79.9. The third-order valence-electron chi connectivity index (χ3n) is 3.48. The lowest BCUT2D eigenvalue weighted by Crippen LogP contribution is -2.57. The largest absolute Gasteiger partial charge is 0.350 e. The second-order valence-electron chi connectivity index (χ2n) is 5.52. The highest BCUT2D eigenvalue weighted by molar-refractivity contribution is 9.10. The molecule has 0 radical (unpaired) electrons. The zero-order valence-corrected chi connectivity index (χ0v) is 14.0. The van der Waals surface area contributed by atoms with E-state index < -0.39 is 0 Å². The first-order chi connectivity index (χ1) is 9.88. The van der Waals surface area contributed by atoms with Crippen molar-refractivity contribution in [3.05, 3.63) is 28.2 Å². The van der Waals surface area contributed by atoms with Crippen molar-refractivity contribution in [3.8, 4) is 0 Å². The lowest BCUT2D eigenvalue weighted by molar-refractivity contribution is -0.132. The van der Waals surface area contributed by atoms with Gasteiger partial charge in [-0.2, -0.15) is 0 Å². The van der Waals surface area contributed by atoms with Crippen LogP contribution >= 0.6 is 15.9 Å². The average Bonchev–Trinajstić information content (AvgIpc) is 2.41. The van der Waals surface area contributed by atoms with Crippen LogP contribution in [-0.4, -0.2) is 30.4 Å². The Hall–Kier alpha value is -1.40. The van der Waals surface area contributed by atoms with Crippen LogP contribution in [0.1, 0.15) is 26.3 Å². The molecular weight excluding hydrogens is 334 g/mol. The van der Waals surface area contributed by atoms with Crippen LogP contribution in [0.5, 0.6) is 0 Å². The first-order valence-corrected chi connectivity index (χ1v) is 7.80. The van der Waals surface area contributed by atoms with Gasteiger partial charge >= 0.3 is 0 Å². The summed E-state index contributed by atoms with van der Waals surface area (Å²) in [5.74, 6) is -0.519. The summed E-state index contributed by atoms with van der Waals surface area (Å²) in [6.07, 6.45) is 0. The van der Waals surface area contributed by atoms with E-state index >= 15 is 0 Å². The van der Waals surface area contributed by atoms with E-state index in [0.29, 0.717) is 12.6 Å². The zero-order valence-electron chi connectivity index (χ0n) is 12.4. The topological polar surface area (TPSA) is 61.4 Å². The van der Waals surface area contributed by atoms with Gasteiger partial charge in [0, 0.05) is 22.7 Å². The predicted molar refractivity (Wildman–Crippen MR) is 86.1 cm³/mol. The number of piperazine rings is 1. The summed E-state index contributed by atoms with van der Waals surface area (Å²) in [4.78, 5) is 25.4. The second kappa shape index (κ2) is 6.58. The molecule has 0 bridgehead atoms. The molecule has 1 aliphatic rings. The van der Waals surface area contributed by atoms with E-state index in [2.05, 4.69) is 40.4 Å². The average molecular weight is 354 g/mol. The Labute approximate surface area is 133 Å². The molecule has 0 spiro atoms. The van der Waals surface area contributed by atoms with Gasteiger partial charge in [0.15, 0.2) is 0 Å². The second-order valence-corrected chi connectivity index (χ2v) is 6.44. The molecule has 2 amide bonds. The first kappa shape index (κ1) is 16.0. The van der Waals surface area contributed by atoms with Gasteiger partial charge in [-0.15, -0.1) is 0 Å². The number of hydrogen-bond donors (Lipinski definition) is 2. The third-order valence-corrected chi connectivity index (χ3v) is 3.97. The van der Waals surface area contributed by atoms with E-state index in [-0.39, 0.29) is 24.4 Å². The molecule has 21 heavy (non-hydrogen) atoms. The number of amides is 2. The van der Waals surface area contributed by atoms with Gasteiger partial charge in [0.2, 0.25) is 11.8 Å². The molecule has 2 rings (SSSR count). The van der Waals surface area contributed by atoms with E-state index in [1.807, 2.05) is 30.0 Å². The molecule has 114 valence electrons. The maximum Gasteiger partial charge on any atom is 0.249 e. The minimum atomic E-state index is -0.366. The standard InChI is InChI=1S/C15H20BrN3O2/c1-9(2)17-7-11-4-5-12(16)6-13(11)19-8-14(20)18-15(21)10(19)3/h4-6,9-10,17H,7-8H2,1-3H3,(H,18,20,21). The van der Waals surface area contributed by atoms with Crippen LogP contribution in [0.3, 0.4) is 0 Å². The quantitative estimate of drug-likeness (QED) is 0.810. The molecule has 0 aliphatic carbocycles. The van der Waals surface area contributed by atoms with E-state index in [1.165, 1.54) is 0 Å². The van der Waals surface area contributed by atoms with Crippen molar-refractivity contribution in [3.63, 3.8) is 0 Å². The highest BCUT2D eigenvalue weighted by Gasteiger charge is 2.31. The molecule has 5 nitrogen and oxygen atoms in total. The van der Waals surface area contributed by atoms with Crippen molar-refractivity contribution in [1.29, 1.82) is 0 Å². The summed E-state index contributed by atoms with van der Waals surface area (Å²) in [5, 5.41) is 5.74. The van der Waals surface area contributed by atoms with Crippen molar-refractivity contribution < 1.29 is 9.59 Å².